The molecule has 0 aliphatic heterocycles. The van der Waals surface area contributed by atoms with Gasteiger partial charge in [0.15, 0.2) is 23.0 Å². The minimum absolute atomic E-state index is 0.0539. The van der Waals surface area contributed by atoms with Gasteiger partial charge in [0.05, 0.1) is 26.3 Å². The number of methoxy groups -OCH3 is 3. The Hall–Kier alpha value is -4.33. The van der Waals surface area contributed by atoms with Crippen LogP contribution < -0.4 is 18.9 Å². The lowest BCUT2D eigenvalue weighted by Crippen LogP contribution is -2.02. The van der Waals surface area contributed by atoms with Gasteiger partial charge < -0.3 is 18.9 Å². The van der Waals surface area contributed by atoms with E-state index >= 15 is 0 Å². The van der Waals surface area contributed by atoms with Gasteiger partial charge in [-0.25, -0.2) is 0 Å². The molecule has 0 bridgehead atoms. The standard InChI is InChI=1S/C26H25NO7/c1-17-5-10-24(21(13-17)27(29)30)34-16-20-14-18(7-11-23(20)31-2)6-9-22(28)19-8-12-25(32-3)26(15-19)33-4/h5-15H,16H2,1-4H3/b9-6+. The molecule has 3 aromatic carbocycles. The van der Waals surface area contributed by atoms with Crippen molar-refractivity contribution >= 4 is 17.5 Å². The average molecular weight is 463 g/mol. The Morgan fingerprint density at radius 3 is 2.24 bits per heavy atom. The predicted molar refractivity (Wildman–Crippen MR) is 128 cm³/mol. The Morgan fingerprint density at radius 2 is 1.56 bits per heavy atom. The van der Waals surface area contributed by atoms with Gasteiger partial charge >= 0.3 is 5.69 Å². The SMILES string of the molecule is COc1ccc(/C=C/C(=O)c2ccc(OC)c(OC)c2)cc1COc1ccc(C)cc1[N+](=O)[O-]. The fraction of sp³-hybridized carbons (Fsp3) is 0.192. The number of carbonyl (C=O) groups excluding carboxylic acids is 1. The lowest BCUT2D eigenvalue weighted by Gasteiger charge is -2.12. The van der Waals surface area contributed by atoms with E-state index in [2.05, 4.69) is 0 Å². The van der Waals surface area contributed by atoms with E-state index in [4.69, 9.17) is 18.9 Å². The van der Waals surface area contributed by atoms with E-state index in [1.807, 2.05) is 0 Å². The van der Waals surface area contributed by atoms with E-state index < -0.39 is 4.92 Å². The molecule has 3 aromatic rings. The monoisotopic (exact) mass is 463 g/mol. The van der Waals surface area contributed by atoms with E-state index in [1.54, 1.807) is 61.5 Å². The Bertz CT molecular complexity index is 1230. The van der Waals surface area contributed by atoms with E-state index in [0.29, 0.717) is 28.4 Å². The highest BCUT2D eigenvalue weighted by molar-refractivity contribution is 6.07. The number of hydrogen-bond acceptors (Lipinski definition) is 7. The van der Waals surface area contributed by atoms with Gasteiger partial charge in [-0.3, -0.25) is 14.9 Å². The molecule has 0 aliphatic rings. The molecule has 8 nitrogen and oxygen atoms in total. The summed E-state index contributed by atoms with van der Waals surface area (Å²) in [5.74, 6) is 1.54. The fourth-order valence-corrected chi connectivity index (χ4v) is 3.32. The van der Waals surface area contributed by atoms with Crippen LogP contribution in [0.1, 0.15) is 27.0 Å². The number of ether oxygens (including phenoxy) is 4. The summed E-state index contributed by atoms with van der Waals surface area (Å²) in [6.07, 6.45) is 3.13. The molecule has 0 aromatic heterocycles. The summed E-state index contributed by atoms with van der Waals surface area (Å²) in [6, 6.07) is 15.1. The topological polar surface area (TPSA) is 97.1 Å². The Balaban J connectivity index is 1.80. The number of hydrogen-bond donors (Lipinski definition) is 0. The number of nitro benzene ring substituents is 1. The normalized spacial score (nSPS) is 10.7. The van der Waals surface area contributed by atoms with Crippen molar-refractivity contribution in [3.63, 3.8) is 0 Å². The summed E-state index contributed by atoms with van der Waals surface area (Å²) >= 11 is 0. The molecule has 0 N–H and O–H groups in total. The summed E-state index contributed by atoms with van der Waals surface area (Å²) in [4.78, 5) is 23.5. The molecule has 0 spiro atoms. The van der Waals surface area contributed by atoms with Crippen molar-refractivity contribution in [3.8, 4) is 23.0 Å². The van der Waals surface area contributed by atoms with Crippen LogP contribution in [0.5, 0.6) is 23.0 Å². The third-order valence-corrected chi connectivity index (χ3v) is 5.09. The third kappa shape index (κ3) is 5.72. The van der Waals surface area contributed by atoms with Crippen LogP contribution in [-0.2, 0) is 6.61 Å². The Labute approximate surface area is 197 Å². The minimum Gasteiger partial charge on any atom is -0.496 e. The first-order chi connectivity index (χ1) is 16.4. The number of allylic oxidation sites excluding steroid dienone is 1. The van der Waals surface area contributed by atoms with Crippen LogP contribution in [0.25, 0.3) is 6.08 Å². The van der Waals surface area contributed by atoms with Crippen LogP contribution in [0.3, 0.4) is 0 Å². The van der Waals surface area contributed by atoms with Crippen LogP contribution in [0, 0.1) is 17.0 Å². The summed E-state index contributed by atoms with van der Waals surface area (Å²) in [5, 5.41) is 11.3. The number of nitro groups is 1. The maximum absolute atomic E-state index is 12.6. The molecule has 0 radical (unpaired) electrons. The second-order valence-electron chi connectivity index (χ2n) is 7.36. The number of aryl methyl sites for hydroxylation is 1. The van der Waals surface area contributed by atoms with Gasteiger partial charge in [0.1, 0.15) is 12.4 Å². The number of nitrogens with zero attached hydrogens (tertiary/aromatic N) is 1. The fourth-order valence-electron chi connectivity index (χ4n) is 3.32. The zero-order valence-corrected chi connectivity index (χ0v) is 19.4. The average Bonchev–Trinajstić information content (AvgIpc) is 2.85. The van der Waals surface area contributed by atoms with Gasteiger partial charge in [-0.1, -0.05) is 18.2 Å². The molecular weight excluding hydrogens is 438 g/mol. The van der Waals surface area contributed by atoms with Crippen molar-refractivity contribution in [2.45, 2.75) is 13.5 Å². The lowest BCUT2D eigenvalue weighted by molar-refractivity contribution is -0.386. The Morgan fingerprint density at radius 1 is 0.882 bits per heavy atom. The van der Waals surface area contributed by atoms with Crippen LogP contribution in [0.4, 0.5) is 5.69 Å². The molecule has 0 atom stereocenters. The molecule has 0 amide bonds. The third-order valence-electron chi connectivity index (χ3n) is 5.09. The molecule has 8 heteroatoms. The number of ketones is 1. The van der Waals surface area contributed by atoms with Crippen LogP contribution >= 0.6 is 0 Å². The summed E-state index contributed by atoms with van der Waals surface area (Å²) in [6.45, 7) is 1.83. The lowest BCUT2D eigenvalue weighted by atomic mass is 10.1. The number of carbonyl (C=O) groups is 1. The predicted octanol–water partition coefficient (Wildman–Crippen LogP) is 5.40. The molecule has 3 rings (SSSR count). The molecule has 0 unspecified atom stereocenters. The minimum atomic E-state index is -0.474. The maximum Gasteiger partial charge on any atom is 0.311 e. The van der Waals surface area contributed by atoms with Gasteiger partial charge in [0, 0.05) is 17.2 Å². The van der Waals surface area contributed by atoms with Crippen molar-refractivity contribution in [1.82, 2.24) is 0 Å². The zero-order valence-electron chi connectivity index (χ0n) is 19.4. The Kier molecular flexibility index (Phi) is 7.87. The van der Waals surface area contributed by atoms with Gasteiger partial charge in [-0.15, -0.1) is 0 Å². The van der Waals surface area contributed by atoms with Crippen molar-refractivity contribution in [2.75, 3.05) is 21.3 Å². The second kappa shape index (κ2) is 11.0. The highest BCUT2D eigenvalue weighted by atomic mass is 16.6. The zero-order chi connectivity index (χ0) is 24.7. The highest BCUT2D eigenvalue weighted by Gasteiger charge is 2.16. The summed E-state index contributed by atoms with van der Waals surface area (Å²) < 4.78 is 21.6. The van der Waals surface area contributed by atoms with Gasteiger partial charge in [-0.2, -0.15) is 0 Å². The molecule has 0 aliphatic carbocycles. The number of benzene rings is 3. The quantitative estimate of drug-likeness (QED) is 0.172. The van der Waals surface area contributed by atoms with Gasteiger partial charge in [0.25, 0.3) is 0 Å². The van der Waals surface area contributed by atoms with Gasteiger partial charge in [0.2, 0.25) is 0 Å². The van der Waals surface area contributed by atoms with Gasteiger partial charge in [-0.05, 0) is 60.5 Å². The van der Waals surface area contributed by atoms with Crippen molar-refractivity contribution < 1.29 is 28.7 Å². The molecule has 0 fully saturated rings. The van der Waals surface area contributed by atoms with Crippen LogP contribution in [0.2, 0.25) is 0 Å². The van der Waals surface area contributed by atoms with Crippen molar-refractivity contribution in [2.24, 2.45) is 0 Å². The van der Waals surface area contributed by atoms with Crippen LogP contribution in [-0.4, -0.2) is 32.0 Å². The second-order valence-corrected chi connectivity index (χ2v) is 7.36. The number of rotatable bonds is 10. The first kappa shape index (κ1) is 24.3. The smallest absolute Gasteiger partial charge is 0.311 e. The van der Waals surface area contributed by atoms with Crippen molar-refractivity contribution in [1.29, 1.82) is 0 Å². The van der Waals surface area contributed by atoms with Crippen LogP contribution in [0.15, 0.2) is 60.7 Å². The maximum atomic E-state index is 12.6. The molecule has 0 heterocycles. The highest BCUT2D eigenvalue weighted by Crippen LogP contribution is 2.30. The first-order valence-corrected chi connectivity index (χ1v) is 10.4. The van der Waals surface area contributed by atoms with E-state index in [1.165, 1.54) is 33.5 Å². The largest absolute Gasteiger partial charge is 0.496 e. The molecule has 176 valence electrons. The van der Waals surface area contributed by atoms with E-state index in [-0.39, 0.29) is 23.8 Å². The summed E-state index contributed by atoms with van der Waals surface area (Å²) in [5.41, 5.74) is 2.54. The molecule has 34 heavy (non-hydrogen) atoms. The molecular formula is C26H25NO7. The molecule has 0 saturated heterocycles. The molecule has 0 saturated carbocycles. The van der Waals surface area contributed by atoms with Crippen molar-refractivity contribution in [3.05, 3.63) is 93.0 Å². The first-order valence-electron chi connectivity index (χ1n) is 10.4. The summed E-state index contributed by atoms with van der Waals surface area (Å²) in [7, 11) is 4.57. The van der Waals surface area contributed by atoms with E-state index in [9.17, 15) is 14.9 Å². The van der Waals surface area contributed by atoms with E-state index in [0.717, 1.165) is 11.1 Å².